The molecule has 6 aliphatic rings. The summed E-state index contributed by atoms with van der Waals surface area (Å²) in [7, 11) is 3.10. The molecule has 6 rings (SSSR count). The molecule has 3 aliphatic heterocycles. The van der Waals surface area contributed by atoms with Gasteiger partial charge in [0.25, 0.3) is 0 Å². The van der Waals surface area contributed by atoms with Crippen molar-refractivity contribution in [2.45, 2.75) is 126 Å². The van der Waals surface area contributed by atoms with E-state index in [4.69, 9.17) is 33.2 Å². The zero-order valence-electron chi connectivity index (χ0n) is 27.5. The smallest absolute Gasteiger partial charge is 0.230 e. The maximum atomic E-state index is 12.2. The van der Waals surface area contributed by atoms with Gasteiger partial charge in [0.05, 0.1) is 25.9 Å². The van der Waals surface area contributed by atoms with Crippen molar-refractivity contribution in [1.82, 2.24) is 0 Å². The van der Waals surface area contributed by atoms with Crippen molar-refractivity contribution in [2.75, 3.05) is 34.0 Å². The summed E-state index contributed by atoms with van der Waals surface area (Å²) in [4.78, 5) is 0. The van der Waals surface area contributed by atoms with Crippen LogP contribution in [0.15, 0.2) is 22.8 Å². The third kappa shape index (κ3) is 5.02. The molecule has 0 radical (unpaired) electrons. The zero-order valence-corrected chi connectivity index (χ0v) is 27.5. The average Bonchev–Trinajstić information content (AvgIpc) is 3.72. The number of hydrogen-bond donors (Lipinski definition) is 5. The molecular weight excluding hydrogens is 588 g/mol. The second-order valence-corrected chi connectivity index (χ2v) is 14.8. The van der Waals surface area contributed by atoms with Gasteiger partial charge >= 0.3 is 0 Å². The van der Waals surface area contributed by atoms with E-state index in [9.17, 15) is 25.5 Å². The lowest BCUT2D eigenvalue weighted by Crippen LogP contribution is -2.70. The lowest BCUT2D eigenvalue weighted by atomic mass is 9.68. The highest BCUT2D eigenvalue weighted by Crippen LogP contribution is 2.58. The Morgan fingerprint density at radius 1 is 1.07 bits per heavy atom. The van der Waals surface area contributed by atoms with Crippen molar-refractivity contribution in [2.24, 2.45) is 23.2 Å². The summed E-state index contributed by atoms with van der Waals surface area (Å²) < 4.78 is 42.6. The molecule has 1 spiro atoms. The molecular formula is C33H52O12. The van der Waals surface area contributed by atoms with Crippen molar-refractivity contribution in [1.29, 1.82) is 0 Å². The van der Waals surface area contributed by atoms with Gasteiger partial charge in [-0.3, -0.25) is 0 Å². The number of rotatable bonds is 9. The number of hydrogen-bond acceptors (Lipinski definition) is 12. The molecule has 12 heteroatoms. The van der Waals surface area contributed by atoms with Crippen molar-refractivity contribution in [3.05, 3.63) is 22.8 Å². The number of ether oxygens (including phenoxy) is 7. The highest BCUT2D eigenvalue weighted by atomic mass is 16.9. The maximum Gasteiger partial charge on any atom is 0.230 e. The van der Waals surface area contributed by atoms with Crippen molar-refractivity contribution >= 4 is 0 Å². The Kier molecular flexibility index (Phi) is 8.92. The molecule has 0 aromatic rings. The van der Waals surface area contributed by atoms with Crippen molar-refractivity contribution in [3.63, 3.8) is 0 Å². The molecule has 1 saturated carbocycles. The highest BCUT2D eigenvalue weighted by Gasteiger charge is 2.75. The van der Waals surface area contributed by atoms with Gasteiger partial charge in [0.15, 0.2) is 12.6 Å². The fourth-order valence-corrected chi connectivity index (χ4v) is 8.99. The molecule has 256 valence electrons. The predicted molar refractivity (Wildman–Crippen MR) is 158 cm³/mol. The lowest BCUT2D eigenvalue weighted by Gasteiger charge is -2.51. The van der Waals surface area contributed by atoms with Gasteiger partial charge in [-0.25, -0.2) is 0 Å². The van der Waals surface area contributed by atoms with E-state index in [0.717, 1.165) is 24.0 Å². The molecule has 14 atom stereocenters. The molecule has 14 unspecified atom stereocenters. The Hall–Kier alpha value is -1.00. The molecule has 0 aromatic heterocycles. The summed E-state index contributed by atoms with van der Waals surface area (Å²) in [6.45, 7) is 9.58. The van der Waals surface area contributed by atoms with Crippen LogP contribution in [-0.4, -0.2) is 126 Å². The normalized spacial score (nSPS) is 49.9. The van der Waals surface area contributed by atoms with Crippen molar-refractivity contribution in [3.8, 4) is 0 Å². The molecule has 12 nitrogen and oxygen atoms in total. The van der Waals surface area contributed by atoms with Crippen LogP contribution in [0.2, 0.25) is 0 Å². The van der Waals surface area contributed by atoms with E-state index in [1.807, 2.05) is 6.92 Å². The molecule has 3 heterocycles. The fourth-order valence-electron chi connectivity index (χ4n) is 8.99. The minimum Gasteiger partial charge on any atom is -0.394 e. The topological polar surface area (TPSA) is 166 Å². The second-order valence-electron chi connectivity index (χ2n) is 14.8. The van der Waals surface area contributed by atoms with Gasteiger partial charge in [0, 0.05) is 19.6 Å². The molecule has 4 fully saturated rings. The Balaban J connectivity index is 1.37. The third-order valence-corrected chi connectivity index (χ3v) is 11.6. The first-order valence-electron chi connectivity index (χ1n) is 16.4. The molecule has 45 heavy (non-hydrogen) atoms. The molecule has 3 saturated heterocycles. The van der Waals surface area contributed by atoms with E-state index in [1.54, 1.807) is 14.0 Å². The van der Waals surface area contributed by atoms with E-state index in [1.165, 1.54) is 12.7 Å². The Bertz CT molecular complexity index is 1190. The number of fused-ring (bicyclic) bond motifs is 3. The minimum absolute atomic E-state index is 0.00199. The maximum absolute atomic E-state index is 12.2. The predicted octanol–water partition coefficient (Wildman–Crippen LogP) is 1.16. The summed E-state index contributed by atoms with van der Waals surface area (Å²) in [5, 5.41) is 55.9. The molecule has 2 bridgehead atoms. The minimum atomic E-state index is -1.62. The van der Waals surface area contributed by atoms with Crippen LogP contribution in [0.25, 0.3) is 0 Å². The molecule has 3 aliphatic carbocycles. The quantitative estimate of drug-likeness (QED) is 0.229. The van der Waals surface area contributed by atoms with Crippen LogP contribution in [0.3, 0.4) is 0 Å². The Morgan fingerprint density at radius 3 is 2.44 bits per heavy atom. The highest BCUT2D eigenvalue weighted by molar-refractivity contribution is 5.42. The largest absolute Gasteiger partial charge is 0.394 e. The van der Waals surface area contributed by atoms with Crippen LogP contribution >= 0.6 is 0 Å². The van der Waals surface area contributed by atoms with E-state index in [0.29, 0.717) is 12.8 Å². The van der Waals surface area contributed by atoms with Crippen LogP contribution in [0.4, 0.5) is 0 Å². The first kappa shape index (κ1) is 33.9. The zero-order chi connectivity index (χ0) is 32.7. The first-order chi connectivity index (χ1) is 21.2. The van der Waals surface area contributed by atoms with E-state index < -0.39 is 78.2 Å². The van der Waals surface area contributed by atoms with Crippen molar-refractivity contribution < 1.29 is 58.7 Å². The van der Waals surface area contributed by atoms with Crippen LogP contribution in [0.5, 0.6) is 0 Å². The van der Waals surface area contributed by atoms with E-state index in [-0.39, 0.29) is 31.0 Å². The Morgan fingerprint density at radius 2 is 1.80 bits per heavy atom. The van der Waals surface area contributed by atoms with Gasteiger partial charge in [-0.05, 0) is 61.5 Å². The summed E-state index contributed by atoms with van der Waals surface area (Å²) in [5.41, 5.74) is 0.0380. The van der Waals surface area contributed by atoms with E-state index in [2.05, 4.69) is 26.8 Å². The first-order valence-corrected chi connectivity index (χ1v) is 16.4. The van der Waals surface area contributed by atoms with Gasteiger partial charge in [0.2, 0.25) is 5.79 Å². The van der Waals surface area contributed by atoms with Gasteiger partial charge < -0.3 is 58.7 Å². The SMILES string of the molecule is COCC1OC(OC2C3=C(C(C)C)CCC3(C)C=C3C(CCC3(O)COC)C(C)C2O)C(O)C2OC3OC12OC3(C)C(O)CO. The second kappa shape index (κ2) is 11.9. The average molecular weight is 641 g/mol. The number of methoxy groups -OCH3 is 2. The lowest BCUT2D eigenvalue weighted by molar-refractivity contribution is -0.390. The molecule has 0 amide bonds. The molecule has 5 N–H and O–H groups in total. The molecule has 0 aromatic carbocycles. The Labute approximate surface area is 265 Å². The summed E-state index contributed by atoms with van der Waals surface area (Å²) in [5.74, 6) is -1.81. The number of allylic oxidation sites excluding steroid dienone is 2. The standard InChI is InChI=1S/C33H52O12/c1-16(2)18-8-10-30(4)12-20-19(9-11-32(20,38)15-40-7)17(3)24(36)26(23(18)30)42-28-25(37)27-33(22(41-28)14-39-6)44-29(43-27)31(5,45-33)21(35)13-34/h12,16-17,19,21-22,24-29,34-38H,8-11,13-15H2,1-7H3. The number of aliphatic hydroxyl groups is 5. The van der Waals surface area contributed by atoms with Gasteiger partial charge in [0.1, 0.15) is 41.7 Å². The summed E-state index contributed by atoms with van der Waals surface area (Å²) >= 11 is 0. The van der Waals surface area contributed by atoms with Crippen LogP contribution < -0.4 is 0 Å². The number of aliphatic hydroxyl groups excluding tert-OH is 4. The summed E-state index contributed by atoms with van der Waals surface area (Å²) in [6, 6.07) is 0. The fraction of sp³-hybridized carbons (Fsp3) is 0.879. The van der Waals surface area contributed by atoms with Crippen LogP contribution in [-0.2, 0) is 33.2 Å². The third-order valence-electron chi connectivity index (χ3n) is 11.6. The van der Waals surface area contributed by atoms with Gasteiger partial charge in [-0.2, -0.15) is 0 Å². The van der Waals surface area contributed by atoms with Crippen LogP contribution in [0.1, 0.15) is 60.3 Å². The van der Waals surface area contributed by atoms with Crippen LogP contribution in [0, 0.1) is 23.2 Å². The summed E-state index contributed by atoms with van der Waals surface area (Å²) in [6.07, 6.45) is -3.74. The van der Waals surface area contributed by atoms with Gasteiger partial charge in [-0.1, -0.05) is 39.3 Å². The monoisotopic (exact) mass is 640 g/mol. The van der Waals surface area contributed by atoms with E-state index >= 15 is 0 Å². The van der Waals surface area contributed by atoms with Gasteiger partial charge in [-0.15, -0.1) is 0 Å².